The standard InChI is InChI=1S/C25H34O7/c1-14(2)13-19(20-15(3)18-11-12-25(5,29)23(27)22(18)32-20)31-24(28)21(30-16(4)26)17-9-7-6-8-10-17/h6-10,14,18-23,27,29H,3,11-13H2,1-2,4-5H3/t18-,19-,20+,21+,22+,23-,25+/m1/s1. The van der Waals surface area contributed by atoms with Gasteiger partial charge >= 0.3 is 11.9 Å². The Morgan fingerprint density at radius 1 is 1.25 bits per heavy atom. The number of aliphatic hydroxyl groups is 2. The summed E-state index contributed by atoms with van der Waals surface area (Å²) in [7, 11) is 0. The SMILES string of the molecule is C=C1[C@H]2CC[C@](C)(O)[C@H](O)[C@H]2O[C@@H]1[C@@H](CC(C)C)OC(=O)[C@@H](OC(C)=O)c1ccccc1. The molecule has 1 aliphatic carbocycles. The van der Waals surface area contributed by atoms with Gasteiger partial charge in [-0.1, -0.05) is 50.8 Å². The quantitative estimate of drug-likeness (QED) is 0.490. The maximum absolute atomic E-state index is 13.1. The van der Waals surface area contributed by atoms with Crippen LogP contribution < -0.4 is 0 Å². The molecule has 1 saturated carbocycles. The van der Waals surface area contributed by atoms with Gasteiger partial charge in [-0.2, -0.15) is 0 Å². The van der Waals surface area contributed by atoms with E-state index in [-0.39, 0.29) is 11.8 Å². The van der Waals surface area contributed by atoms with Crippen LogP contribution >= 0.6 is 0 Å². The molecule has 2 N–H and O–H groups in total. The Morgan fingerprint density at radius 3 is 2.50 bits per heavy atom. The van der Waals surface area contributed by atoms with Crippen LogP contribution in [0.4, 0.5) is 0 Å². The topological polar surface area (TPSA) is 102 Å². The predicted octanol–water partition coefficient (Wildman–Crippen LogP) is 3.09. The number of ether oxygens (including phenoxy) is 3. The summed E-state index contributed by atoms with van der Waals surface area (Å²) in [5.74, 6) is -1.21. The van der Waals surface area contributed by atoms with E-state index in [0.29, 0.717) is 24.8 Å². The second-order valence-corrected chi connectivity index (χ2v) is 9.55. The maximum atomic E-state index is 13.1. The van der Waals surface area contributed by atoms with Gasteiger partial charge in [0, 0.05) is 18.4 Å². The number of carbonyl (C=O) groups is 2. The maximum Gasteiger partial charge on any atom is 0.352 e. The number of carbonyl (C=O) groups excluding carboxylic acids is 2. The van der Waals surface area contributed by atoms with Gasteiger partial charge in [0.25, 0.3) is 0 Å². The van der Waals surface area contributed by atoms with Crippen molar-refractivity contribution in [1.29, 1.82) is 0 Å². The van der Waals surface area contributed by atoms with Gasteiger partial charge in [0.05, 0.1) is 11.7 Å². The second kappa shape index (κ2) is 9.73. The average molecular weight is 447 g/mol. The van der Waals surface area contributed by atoms with Crippen LogP contribution in [0.5, 0.6) is 0 Å². The first-order chi connectivity index (χ1) is 15.0. The Kier molecular flexibility index (Phi) is 7.43. The van der Waals surface area contributed by atoms with Gasteiger partial charge in [-0.25, -0.2) is 4.79 Å². The first kappa shape index (κ1) is 24.4. The van der Waals surface area contributed by atoms with Crippen molar-refractivity contribution in [1.82, 2.24) is 0 Å². The molecule has 2 aliphatic rings. The van der Waals surface area contributed by atoms with E-state index in [4.69, 9.17) is 14.2 Å². The zero-order chi connectivity index (χ0) is 23.6. The molecule has 1 aliphatic heterocycles. The Labute approximate surface area is 189 Å². The van der Waals surface area contributed by atoms with Crippen molar-refractivity contribution in [3.8, 4) is 0 Å². The third-order valence-corrected chi connectivity index (χ3v) is 6.36. The van der Waals surface area contributed by atoms with Crippen molar-refractivity contribution in [2.24, 2.45) is 11.8 Å². The number of hydrogen-bond donors (Lipinski definition) is 2. The van der Waals surface area contributed by atoms with Crippen LogP contribution in [-0.2, 0) is 23.8 Å². The molecular formula is C25H34O7. The first-order valence-electron chi connectivity index (χ1n) is 11.2. The Hall–Kier alpha value is -2.22. The third-order valence-electron chi connectivity index (χ3n) is 6.36. The lowest BCUT2D eigenvalue weighted by Crippen LogP contribution is -2.53. The van der Waals surface area contributed by atoms with Crippen molar-refractivity contribution < 1.29 is 34.0 Å². The number of fused-ring (bicyclic) bond motifs is 1. The van der Waals surface area contributed by atoms with Gasteiger partial charge in [-0.3, -0.25) is 4.79 Å². The minimum atomic E-state index is -1.24. The van der Waals surface area contributed by atoms with E-state index in [1.54, 1.807) is 37.3 Å². The van der Waals surface area contributed by atoms with Gasteiger partial charge < -0.3 is 24.4 Å². The van der Waals surface area contributed by atoms with Crippen molar-refractivity contribution in [3.63, 3.8) is 0 Å². The van der Waals surface area contributed by atoms with Gasteiger partial charge in [0.1, 0.15) is 18.3 Å². The number of hydrogen-bond acceptors (Lipinski definition) is 7. The van der Waals surface area contributed by atoms with Gasteiger partial charge in [0.2, 0.25) is 6.10 Å². The summed E-state index contributed by atoms with van der Waals surface area (Å²) in [6.45, 7) is 11.1. The lowest BCUT2D eigenvalue weighted by molar-refractivity contribution is -0.186. The van der Waals surface area contributed by atoms with E-state index in [0.717, 1.165) is 5.57 Å². The Balaban J connectivity index is 1.82. The summed E-state index contributed by atoms with van der Waals surface area (Å²) < 4.78 is 17.3. The van der Waals surface area contributed by atoms with Crippen molar-refractivity contribution >= 4 is 11.9 Å². The number of benzene rings is 1. The highest BCUT2D eigenvalue weighted by Crippen LogP contribution is 2.46. The van der Waals surface area contributed by atoms with E-state index in [1.807, 2.05) is 13.8 Å². The third kappa shape index (κ3) is 5.22. The molecule has 0 bridgehead atoms. The summed E-state index contributed by atoms with van der Waals surface area (Å²) in [5.41, 5.74) is 0.0305. The van der Waals surface area contributed by atoms with Crippen LogP contribution in [-0.4, -0.2) is 52.2 Å². The fourth-order valence-corrected chi connectivity index (χ4v) is 4.65. The van der Waals surface area contributed by atoms with E-state index in [9.17, 15) is 19.8 Å². The zero-order valence-electron chi connectivity index (χ0n) is 19.2. The van der Waals surface area contributed by atoms with Gasteiger partial charge in [0.15, 0.2) is 0 Å². The predicted molar refractivity (Wildman–Crippen MR) is 117 cm³/mol. The number of esters is 2. The monoisotopic (exact) mass is 446 g/mol. The summed E-state index contributed by atoms with van der Waals surface area (Å²) in [5, 5.41) is 21.1. The molecule has 176 valence electrons. The fraction of sp³-hybridized carbons (Fsp3) is 0.600. The van der Waals surface area contributed by atoms with Gasteiger partial charge in [-0.05, 0) is 37.7 Å². The van der Waals surface area contributed by atoms with Crippen LogP contribution in [0, 0.1) is 11.8 Å². The molecule has 7 nitrogen and oxygen atoms in total. The van der Waals surface area contributed by atoms with Crippen LogP contribution in [0.2, 0.25) is 0 Å². The lowest BCUT2D eigenvalue weighted by atomic mass is 9.73. The van der Waals surface area contributed by atoms with Crippen molar-refractivity contribution in [2.45, 2.75) is 83.1 Å². The van der Waals surface area contributed by atoms with Crippen LogP contribution in [0.15, 0.2) is 42.5 Å². The molecule has 1 aromatic carbocycles. The van der Waals surface area contributed by atoms with Crippen molar-refractivity contribution in [2.75, 3.05) is 0 Å². The number of aliphatic hydroxyl groups excluding tert-OH is 1. The molecule has 7 atom stereocenters. The average Bonchev–Trinajstić information content (AvgIpc) is 3.05. The van der Waals surface area contributed by atoms with E-state index in [1.165, 1.54) is 6.92 Å². The Bertz CT molecular complexity index is 832. The van der Waals surface area contributed by atoms with Crippen LogP contribution in [0.3, 0.4) is 0 Å². The van der Waals surface area contributed by atoms with Gasteiger partial charge in [-0.15, -0.1) is 0 Å². The first-order valence-corrected chi connectivity index (χ1v) is 11.2. The molecule has 1 aromatic rings. The normalized spacial score (nSPS) is 31.7. The molecule has 0 unspecified atom stereocenters. The fourth-order valence-electron chi connectivity index (χ4n) is 4.65. The number of rotatable bonds is 7. The molecule has 7 heteroatoms. The molecule has 1 heterocycles. The molecule has 0 spiro atoms. The van der Waals surface area contributed by atoms with E-state index in [2.05, 4.69) is 6.58 Å². The molecule has 2 fully saturated rings. The smallest absolute Gasteiger partial charge is 0.352 e. The molecule has 3 rings (SSSR count). The highest BCUT2D eigenvalue weighted by Gasteiger charge is 2.54. The summed E-state index contributed by atoms with van der Waals surface area (Å²) in [6, 6.07) is 8.71. The molecule has 0 aromatic heterocycles. The minimum absolute atomic E-state index is 0.123. The largest absolute Gasteiger partial charge is 0.456 e. The lowest BCUT2D eigenvalue weighted by Gasteiger charge is -2.40. The molecule has 32 heavy (non-hydrogen) atoms. The second-order valence-electron chi connectivity index (χ2n) is 9.55. The van der Waals surface area contributed by atoms with Crippen LogP contribution in [0.25, 0.3) is 0 Å². The van der Waals surface area contributed by atoms with Crippen molar-refractivity contribution in [3.05, 3.63) is 48.0 Å². The molecule has 1 saturated heterocycles. The zero-order valence-corrected chi connectivity index (χ0v) is 19.2. The Morgan fingerprint density at radius 2 is 1.91 bits per heavy atom. The molecular weight excluding hydrogens is 412 g/mol. The highest BCUT2D eigenvalue weighted by molar-refractivity contribution is 5.80. The summed E-state index contributed by atoms with van der Waals surface area (Å²) in [6.07, 6.45) is -2.57. The molecule has 0 amide bonds. The minimum Gasteiger partial charge on any atom is -0.456 e. The van der Waals surface area contributed by atoms with Crippen LogP contribution in [0.1, 0.15) is 58.6 Å². The summed E-state index contributed by atoms with van der Waals surface area (Å²) in [4.78, 5) is 24.8. The summed E-state index contributed by atoms with van der Waals surface area (Å²) >= 11 is 0. The molecule has 0 radical (unpaired) electrons. The van der Waals surface area contributed by atoms with E-state index >= 15 is 0 Å². The highest BCUT2D eigenvalue weighted by atomic mass is 16.6. The van der Waals surface area contributed by atoms with E-state index < -0.39 is 48.1 Å².